The van der Waals surface area contributed by atoms with Crippen LogP contribution in [0.15, 0.2) is 0 Å². The van der Waals surface area contributed by atoms with Crippen molar-refractivity contribution in [3.8, 4) is 0 Å². The van der Waals surface area contributed by atoms with Crippen LogP contribution >= 0.6 is 0 Å². The monoisotopic (exact) mass is 359 g/mol. The van der Waals surface area contributed by atoms with Crippen LogP contribution in [-0.4, -0.2) is 90.7 Å². The van der Waals surface area contributed by atoms with Crippen LogP contribution in [0, 0.1) is 0 Å². The number of hydrogen-bond acceptors (Lipinski definition) is 5. The first-order chi connectivity index (χ1) is 11.3. The Morgan fingerprint density at radius 1 is 1.08 bits per heavy atom. The Hall–Kier alpha value is -0.700. The van der Waals surface area contributed by atoms with E-state index in [0.717, 1.165) is 32.4 Å². The normalized spacial score (nSPS) is 33.2. The summed E-state index contributed by atoms with van der Waals surface area (Å²) in [6, 6.07) is 0. The molecule has 24 heavy (non-hydrogen) atoms. The van der Waals surface area contributed by atoms with Gasteiger partial charge in [0.05, 0.1) is 24.4 Å². The molecule has 3 heterocycles. The van der Waals surface area contributed by atoms with E-state index in [2.05, 4.69) is 0 Å². The molecular weight excluding hydrogens is 330 g/mol. The van der Waals surface area contributed by atoms with E-state index in [9.17, 15) is 18.3 Å². The van der Waals surface area contributed by atoms with Gasteiger partial charge in [-0.05, 0) is 38.5 Å². The van der Waals surface area contributed by atoms with E-state index in [-0.39, 0.29) is 5.91 Å². The van der Waals surface area contributed by atoms with Crippen LogP contribution in [0.3, 0.4) is 0 Å². The zero-order valence-electron chi connectivity index (χ0n) is 14.5. The number of aliphatic hydroxyl groups is 1. The molecule has 3 aliphatic heterocycles. The SMILES string of the molecule is CS(=O)(=O)N1CCC[C@@]12CCN(CC(=O)N1CCCCC1)C[C@@H]2O. The quantitative estimate of drug-likeness (QED) is 0.759. The average molecular weight is 359 g/mol. The largest absolute Gasteiger partial charge is 0.390 e. The molecule has 7 nitrogen and oxygen atoms in total. The third kappa shape index (κ3) is 3.47. The van der Waals surface area contributed by atoms with Crippen molar-refractivity contribution >= 4 is 15.9 Å². The molecule has 2 atom stereocenters. The third-order valence-corrected chi connectivity index (χ3v) is 7.19. The molecule has 0 aromatic rings. The Kier molecular flexibility index (Phi) is 5.20. The second-order valence-corrected chi connectivity index (χ2v) is 9.39. The van der Waals surface area contributed by atoms with Crippen molar-refractivity contribution in [2.45, 2.75) is 50.2 Å². The molecule has 0 bridgehead atoms. The summed E-state index contributed by atoms with van der Waals surface area (Å²) in [4.78, 5) is 16.3. The van der Waals surface area contributed by atoms with Gasteiger partial charge in [-0.3, -0.25) is 9.69 Å². The minimum absolute atomic E-state index is 0.129. The highest BCUT2D eigenvalue weighted by Crippen LogP contribution is 2.40. The van der Waals surface area contributed by atoms with Crippen molar-refractivity contribution in [2.24, 2.45) is 0 Å². The zero-order chi connectivity index (χ0) is 17.4. The number of hydrogen-bond donors (Lipinski definition) is 1. The van der Waals surface area contributed by atoms with Crippen molar-refractivity contribution in [1.82, 2.24) is 14.1 Å². The minimum atomic E-state index is -3.32. The lowest BCUT2D eigenvalue weighted by atomic mass is 9.83. The number of amides is 1. The fourth-order valence-electron chi connectivity index (χ4n) is 4.56. The molecule has 3 aliphatic rings. The van der Waals surface area contributed by atoms with Gasteiger partial charge in [0.25, 0.3) is 0 Å². The number of aliphatic hydroxyl groups excluding tert-OH is 1. The summed E-state index contributed by atoms with van der Waals surface area (Å²) >= 11 is 0. The lowest BCUT2D eigenvalue weighted by molar-refractivity contribution is -0.135. The number of carbonyl (C=O) groups is 1. The van der Waals surface area contributed by atoms with E-state index in [0.29, 0.717) is 39.0 Å². The van der Waals surface area contributed by atoms with Gasteiger partial charge in [0.1, 0.15) is 0 Å². The minimum Gasteiger partial charge on any atom is -0.390 e. The van der Waals surface area contributed by atoms with E-state index in [1.165, 1.54) is 17.0 Å². The van der Waals surface area contributed by atoms with Crippen molar-refractivity contribution in [1.29, 1.82) is 0 Å². The summed E-state index contributed by atoms with van der Waals surface area (Å²) in [6.45, 7) is 3.50. The van der Waals surface area contributed by atoms with Gasteiger partial charge in [-0.25, -0.2) is 8.42 Å². The molecule has 0 aromatic carbocycles. The standard InChI is InChI=1S/C16H29N3O4S/c1-24(22,23)19-10-5-6-16(19)7-11-17(12-14(16)20)13-15(21)18-8-3-2-4-9-18/h14,20H,2-13H2,1H3/t14-,16-/m0/s1. The maximum atomic E-state index is 12.4. The molecule has 3 saturated heterocycles. The summed E-state index contributed by atoms with van der Waals surface area (Å²) < 4.78 is 25.6. The van der Waals surface area contributed by atoms with Crippen LogP contribution in [0.2, 0.25) is 0 Å². The maximum Gasteiger partial charge on any atom is 0.236 e. The summed E-state index contributed by atoms with van der Waals surface area (Å²) in [5.41, 5.74) is -0.668. The van der Waals surface area contributed by atoms with Gasteiger partial charge in [0.2, 0.25) is 15.9 Å². The van der Waals surface area contributed by atoms with Crippen LogP contribution in [0.4, 0.5) is 0 Å². The molecule has 0 saturated carbocycles. The summed E-state index contributed by atoms with van der Waals surface area (Å²) in [5.74, 6) is 0.129. The van der Waals surface area contributed by atoms with Crippen molar-refractivity contribution < 1.29 is 18.3 Å². The number of likely N-dealkylation sites (tertiary alicyclic amines) is 2. The summed E-state index contributed by atoms with van der Waals surface area (Å²) in [6.07, 6.45) is 5.90. The van der Waals surface area contributed by atoms with Crippen molar-refractivity contribution in [2.75, 3.05) is 45.5 Å². The lowest BCUT2D eigenvalue weighted by Crippen LogP contribution is -2.63. The smallest absolute Gasteiger partial charge is 0.236 e. The first-order valence-corrected chi connectivity index (χ1v) is 10.8. The molecule has 1 spiro atoms. The van der Waals surface area contributed by atoms with Crippen LogP contribution in [0.5, 0.6) is 0 Å². The Bertz CT molecular complexity index is 576. The molecule has 3 fully saturated rings. The Balaban J connectivity index is 1.62. The topological polar surface area (TPSA) is 81.2 Å². The number of carbonyl (C=O) groups excluding carboxylic acids is 1. The Morgan fingerprint density at radius 3 is 2.42 bits per heavy atom. The first kappa shape index (κ1) is 18.1. The van der Waals surface area contributed by atoms with E-state index in [4.69, 9.17) is 0 Å². The zero-order valence-corrected chi connectivity index (χ0v) is 15.3. The number of nitrogens with zero attached hydrogens (tertiary/aromatic N) is 3. The second-order valence-electron chi connectivity index (χ2n) is 7.48. The second kappa shape index (κ2) is 6.90. The molecule has 1 amide bonds. The first-order valence-electron chi connectivity index (χ1n) is 8.99. The van der Waals surface area contributed by atoms with E-state index < -0.39 is 21.7 Å². The van der Waals surface area contributed by atoms with Gasteiger partial charge < -0.3 is 10.0 Å². The molecule has 0 unspecified atom stereocenters. The summed E-state index contributed by atoms with van der Waals surface area (Å²) in [5, 5.41) is 10.7. The molecule has 1 N–H and O–H groups in total. The van der Waals surface area contributed by atoms with Gasteiger partial charge in [-0.2, -0.15) is 4.31 Å². The fraction of sp³-hybridized carbons (Fsp3) is 0.938. The summed E-state index contributed by atoms with van der Waals surface area (Å²) in [7, 11) is -3.32. The molecular formula is C16H29N3O4S. The third-order valence-electron chi connectivity index (χ3n) is 5.85. The molecule has 0 aliphatic carbocycles. The highest BCUT2D eigenvalue weighted by Gasteiger charge is 2.52. The number of sulfonamides is 1. The van der Waals surface area contributed by atoms with Gasteiger partial charge >= 0.3 is 0 Å². The van der Waals surface area contributed by atoms with Crippen LogP contribution in [0.25, 0.3) is 0 Å². The van der Waals surface area contributed by atoms with Crippen molar-refractivity contribution in [3.63, 3.8) is 0 Å². The molecule has 3 rings (SSSR count). The molecule has 0 aromatic heterocycles. The van der Waals surface area contributed by atoms with Gasteiger partial charge in [-0.15, -0.1) is 0 Å². The predicted octanol–water partition coefficient (Wildman–Crippen LogP) is -0.140. The van der Waals surface area contributed by atoms with Crippen LogP contribution < -0.4 is 0 Å². The Morgan fingerprint density at radius 2 is 1.79 bits per heavy atom. The van der Waals surface area contributed by atoms with Crippen LogP contribution in [0.1, 0.15) is 38.5 Å². The number of β-amino-alcohol motifs (C(OH)–C–C–N with tert-alkyl or cyclic N) is 1. The maximum absolute atomic E-state index is 12.4. The average Bonchev–Trinajstić information content (AvgIpc) is 2.97. The van der Waals surface area contributed by atoms with E-state index in [1.807, 2.05) is 9.80 Å². The molecule has 0 radical (unpaired) electrons. The highest BCUT2D eigenvalue weighted by molar-refractivity contribution is 7.88. The number of piperidine rings is 2. The highest BCUT2D eigenvalue weighted by atomic mass is 32.2. The van der Waals surface area contributed by atoms with Crippen LogP contribution in [-0.2, 0) is 14.8 Å². The van der Waals surface area contributed by atoms with Gasteiger partial charge in [0.15, 0.2) is 0 Å². The van der Waals surface area contributed by atoms with Crippen molar-refractivity contribution in [3.05, 3.63) is 0 Å². The van der Waals surface area contributed by atoms with Gasteiger partial charge in [-0.1, -0.05) is 0 Å². The number of rotatable bonds is 3. The van der Waals surface area contributed by atoms with E-state index >= 15 is 0 Å². The fourth-order valence-corrected chi connectivity index (χ4v) is 5.98. The predicted molar refractivity (Wildman–Crippen MR) is 91.0 cm³/mol. The Labute approximate surface area is 144 Å². The molecule has 138 valence electrons. The lowest BCUT2D eigenvalue weighted by Gasteiger charge is -2.47. The van der Waals surface area contributed by atoms with Gasteiger partial charge in [0, 0.05) is 32.7 Å². The molecule has 8 heteroatoms. The van der Waals surface area contributed by atoms with E-state index in [1.54, 1.807) is 0 Å².